The average Bonchev–Trinajstić information content (AvgIpc) is 3.91. The van der Waals surface area contributed by atoms with E-state index in [4.69, 9.17) is 9.97 Å². The molecule has 4 nitrogen and oxygen atoms in total. The Hall–Kier alpha value is -7.82. The predicted octanol–water partition coefficient (Wildman–Crippen LogP) is 14.6. The largest absolute Gasteiger partial charge is 0.309 e. The standard InChI is InChI=1S/C57H38N4/c1-57(2)46-28-10-5-21-39(46)42-26-16-27-45(53(42)57)54-43-24-6-11-29-47(43)58-56(59-54)36-18-15-19-37(33-36)60-50-32-14-9-25-44(50)52-51(60)34-35-17-3-4-20-38(35)55(52)61-48-30-12-7-22-40(48)41-23-8-13-31-49(41)61/h3-34H,1-2H3. The van der Waals surface area contributed by atoms with Gasteiger partial charge in [0.05, 0.1) is 39.0 Å². The third-order valence-electron chi connectivity index (χ3n) is 13.3. The lowest BCUT2D eigenvalue weighted by molar-refractivity contribution is 0.662. The van der Waals surface area contributed by atoms with Crippen LogP contribution in [0.2, 0.25) is 0 Å². The first-order chi connectivity index (χ1) is 30.0. The van der Waals surface area contributed by atoms with Crippen molar-refractivity contribution in [3.8, 4) is 45.1 Å². The van der Waals surface area contributed by atoms with Crippen LogP contribution in [-0.2, 0) is 5.41 Å². The van der Waals surface area contributed by atoms with Gasteiger partial charge >= 0.3 is 0 Å². The van der Waals surface area contributed by atoms with Gasteiger partial charge in [0.25, 0.3) is 0 Å². The van der Waals surface area contributed by atoms with Gasteiger partial charge in [0.2, 0.25) is 0 Å². The van der Waals surface area contributed by atoms with Crippen molar-refractivity contribution in [2.45, 2.75) is 19.3 Å². The van der Waals surface area contributed by atoms with Crippen LogP contribution in [0.25, 0.3) is 110 Å². The Morgan fingerprint density at radius 3 is 1.80 bits per heavy atom. The van der Waals surface area contributed by atoms with Gasteiger partial charge in [-0.15, -0.1) is 0 Å². The summed E-state index contributed by atoms with van der Waals surface area (Å²) in [6.45, 7) is 4.69. The minimum absolute atomic E-state index is 0.187. The molecule has 0 saturated carbocycles. The molecule has 0 radical (unpaired) electrons. The SMILES string of the molecule is CC1(C)c2ccccc2-c2cccc(-c3nc(-c4cccc(-n5c6ccccc6c6c(-n7c8ccccc8c8ccccc87)c7ccccc7cc65)c4)nc4ccccc34)c21. The van der Waals surface area contributed by atoms with Gasteiger partial charge < -0.3 is 9.13 Å². The molecular formula is C57H38N4. The second kappa shape index (κ2) is 12.6. The van der Waals surface area contributed by atoms with Crippen LogP contribution in [0.1, 0.15) is 25.0 Å². The molecule has 0 fully saturated rings. The summed E-state index contributed by atoms with van der Waals surface area (Å²) >= 11 is 0. The van der Waals surface area contributed by atoms with Gasteiger partial charge in [-0.3, -0.25) is 0 Å². The molecule has 0 N–H and O–H groups in total. The van der Waals surface area contributed by atoms with Crippen molar-refractivity contribution in [2.24, 2.45) is 0 Å². The molecule has 1 aliphatic carbocycles. The molecule has 12 aromatic rings. The van der Waals surface area contributed by atoms with Crippen LogP contribution < -0.4 is 0 Å². The highest BCUT2D eigenvalue weighted by Gasteiger charge is 2.38. The van der Waals surface area contributed by atoms with E-state index in [0.717, 1.165) is 44.4 Å². The zero-order valence-corrected chi connectivity index (χ0v) is 33.8. The Labute approximate surface area is 352 Å². The van der Waals surface area contributed by atoms with Crippen molar-refractivity contribution in [1.29, 1.82) is 0 Å². The normalized spacial score (nSPS) is 13.2. The van der Waals surface area contributed by atoms with Crippen LogP contribution >= 0.6 is 0 Å². The molecule has 0 bridgehead atoms. The zero-order chi connectivity index (χ0) is 40.4. The van der Waals surface area contributed by atoms with E-state index in [2.05, 4.69) is 217 Å². The number of nitrogens with zero attached hydrogens (tertiary/aromatic N) is 4. The Morgan fingerprint density at radius 1 is 0.426 bits per heavy atom. The van der Waals surface area contributed by atoms with Gasteiger partial charge in [0.1, 0.15) is 0 Å². The fourth-order valence-corrected chi connectivity index (χ4v) is 10.7. The fourth-order valence-electron chi connectivity index (χ4n) is 10.7. The number of aromatic nitrogens is 4. The topological polar surface area (TPSA) is 35.6 Å². The van der Waals surface area contributed by atoms with Gasteiger partial charge in [-0.2, -0.15) is 0 Å². The highest BCUT2D eigenvalue weighted by atomic mass is 15.0. The van der Waals surface area contributed by atoms with Crippen LogP contribution in [-0.4, -0.2) is 19.1 Å². The lowest BCUT2D eigenvalue weighted by Crippen LogP contribution is -2.16. The maximum atomic E-state index is 5.52. The molecule has 0 unspecified atom stereocenters. The van der Waals surface area contributed by atoms with E-state index in [1.54, 1.807) is 0 Å². The second-order valence-corrected chi connectivity index (χ2v) is 16.9. The van der Waals surface area contributed by atoms with E-state index in [1.807, 2.05) is 0 Å². The summed E-state index contributed by atoms with van der Waals surface area (Å²) in [5, 5.41) is 8.38. The van der Waals surface area contributed by atoms with E-state index < -0.39 is 0 Å². The number of rotatable bonds is 4. The number of hydrogen-bond donors (Lipinski definition) is 0. The van der Waals surface area contributed by atoms with Crippen LogP contribution in [0.5, 0.6) is 0 Å². The Morgan fingerprint density at radius 2 is 1.02 bits per heavy atom. The maximum Gasteiger partial charge on any atom is 0.160 e. The lowest BCUT2D eigenvalue weighted by Gasteiger charge is -2.24. The van der Waals surface area contributed by atoms with Crippen molar-refractivity contribution < 1.29 is 0 Å². The third-order valence-corrected chi connectivity index (χ3v) is 13.3. The molecule has 61 heavy (non-hydrogen) atoms. The molecule has 0 spiro atoms. The first kappa shape index (κ1) is 34.1. The zero-order valence-electron chi connectivity index (χ0n) is 33.8. The second-order valence-electron chi connectivity index (χ2n) is 16.9. The number of para-hydroxylation sites is 4. The summed E-state index contributed by atoms with van der Waals surface area (Å²) in [6, 6.07) is 70.4. The minimum atomic E-state index is -0.187. The van der Waals surface area contributed by atoms with Crippen molar-refractivity contribution in [3.63, 3.8) is 0 Å². The van der Waals surface area contributed by atoms with Crippen LogP contribution in [0, 0.1) is 0 Å². The van der Waals surface area contributed by atoms with Crippen LogP contribution in [0.15, 0.2) is 194 Å². The molecule has 0 aliphatic heterocycles. The summed E-state index contributed by atoms with van der Waals surface area (Å²) in [5.74, 6) is 0.707. The van der Waals surface area contributed by atoms with Crippen molar-refractivity contribution in [3.05, 3.63) is 205 Å². The highest BCUT2D eigenvalue weighted by Crippen LogP contribution is 2.52. The molecule has 0 atom stereocenters. The predicted molar refractivity (Wildman–Crippen MR) is 254 cm³/mol. The quantitative estimate of drug-likeness (QED) is 0.178. The molecule has 13 rings (SSSR count). The van der Waals surface area contributed by atoms with Gasteiger partial charge in [0, 0.05) is 54.5 Å². The van der Waals surface area contributed by atoms with E-state index in [9.17, 15) is 0 Å². The number of benzene rings is 9. The molecule has 3 aromatic heterocycles. The average molecular weight is 779 g/mol. The lowest BCUT2D eigenvalue weighted by atomic mass is 9.79. The molecule has 4 heteroatoms. The molecule has 1 aliphatic rings. The molecule has 0 amide bonds. The van der Waals surface area contributed by atoms with Crippen molar-refractivity contribution in [2.75, 3.05) is 0 Å². The van der Waals surface area contributed by atoms with E-state index in [1.165, 1.54) is 71.3 Å². The molecule has 286 valence electrons. The Bertz CT molecular complexity index is 3750. The van der Waals surface area contributed by atoms with Crippen molar-refractivity contribution >= 4 is 65.3 Å². The van der Waals surface area contributed by atoms with E-state index in [-0.39, 0.29) is 5.41 Å². The minimum Gasteiger partial charge on any atom is -0.309 e. The summed E-state index contributed by atoms with van der Waals surface area (Å²) in [6.07, 6.45) is 0. The Balaban J connectivity index is 1.06. The molecule has 3 heterocycles. The molecule has 0 saturated heterocycles. The summed E-state index contributed by atoms with van der Waals surface area (Å²) in [7, 11) is 0. The van der Waals surface area contributed by atoms with Crippen LogP contribution in [0.3, 0.4) is 0 Å². The van der Waals surface area contributed by atoms with E-state index in [0.29, 0.717) is 5.82 Å². The first-order valence-electron chi connectivity index (χ1n) is 21.1. The maximum absolute atomic E-state index is 5.52. The summed E-state index contributed by atoms with van der Waals surface area (Å²) in [4.78, 5) is 10.8. The summed E-state index contributed by atoms with van der Waals surface area (Å²) < 4.78 is 4.93. The monoisotopic (exact) mass is 778 g/mol. The van der Waals surface area contributed by atoms with Gasteiger partial charge in [-0.25, -0.2) is 9.97 Å². The third kappa shape index (κ3) is 4.76. The van der Waals surface area contributed by atoms with Crippen LogP contribution in [0.4, 0.5) is 0 Å². The first-order valence-corrected chi connectivity index (χ1v) is 21.1. The molecular weight excluding hydrogens is 741 g/mol. The molecule has 9 aromatic carbocycles. The van der Waals surface area contributed by atoms with E-state index >= 15 is 0 Å². The highest BCUT2D eigenvalue weighted by molar-refractivity contribution is 6.22. The number of hydrogen-bond acceptors (Lipinski definition) is 2. The fraction of sp³-hybridized carbons (Fsp3) is 0.0526. The van der Waals surface area contributed by atoms with Crippen molar-refractivity contribution in [1.82, 2.24) is 19.1 Å². The smallest absolute Gasteiger partial charge is 0.160 e. The number of fused-ring (bicyclic) bond motifs is 11. The van der Waals surface area contributed by atoms with Gasteiger partial charge in [0.15, 0.2) is 5.82 Å². The van der Waals surface area contributed by atoms with Gasteiger partial charge in [-0.05, 0) is 70.1 Å². The summed E-state index contributed by atoms with van der Waals surface area (Å²) in [5.41, 5.74) is 16.0. The Kier molecular flexibility index (Phi) is 7.04. The van der Waals surface area contributed by atoms with Gasteiger partial charge in [-0.1, -0.05) is 166 Å².